The first kappa shape index (κ1) is 15.4. The number of sulfone groups is 1. The van der Waals surface area contributed by atoms with Gasteiger partial charge in [0.25, 0.3) is 0 Å². The van der Waals surface area contributed by atoms with Gasteiger partial charge in [0.15, 0.2) is 0 Å². The van der Waals surface area contributed by atoms with Gasteiger partial charge in [-0.25, -0.2) is 8.42 Å². The largest absolute Gasteiger partial charge is 0.327 e. The van der Waals surface area contributed by atoms with Crippen LogP contribution in [0.1, 0.15) is 37.7 Å². The van der Waals surface area contributed by atoms with Crippen molar-refractivity contribution in [2.75, 3.05) is 6.26 Å². The van der Waals surface area contributed by atoms with Gasteiger partial charge in [0.2, 0.25) is 0 Å². The summed E-state index contributed by atoms with van der Waals surface area (Å²) < 4.78 is 23.4. The van der Waals surface area contributed by atoms with Crippen LogP contribution >= 0.6 is 0 Å². The lowest BCUT2D eigenvalue weighted by Crippen LogP contribution is -2.37. The van der Waals surface area contributed by atoms with Crippen molar-refractivity contribution in [3.05, 3.63) is 30.1 Å². The molecule has 0 amide bonds. The molecule has 1 saturated carbocycles. The normalized spacial score (nSPS) is 25.3. The van der Waals surface area contributed by atoms with Gasteiger partial charge in [-0.2, -0.15) is 0 Å². The van der Waals surface area contributed by atoms with Gasteiger partial charge in [-0.15, -0.1) is 0 Å². The third kappa shape index (κ3) is 4.28. The quantitative estimate of drug-likeness (QED) is 0.901. The lowest BCUT2D eigenvalue weighted by molar-refractivity contribution is 0.296. The van der Waals surface area contributed by atoms with Crippen molar-refractivity contribution in [1.29, 1.82) is 0 Å². The minimum atomic E-state index is -2.92. The third-order valence-corrected chi connectivity index (χ3v) is 6.01. The molecule has 2 N–H and O–H groups in total. The van der Waals surface area contributed by atoms with Gasteiger partial charge >= 0.3 is 0 Å². The fourth-order valence-corrected chi connectivity index (χ4v) is 4.27. The van der Waals surface area contributed by atoms with E-state index < -0.39 is 9.84 Å². The summed E-state index contributed by atoms with van der Waals surface area (Å²) in [7, 11) is -2.92. The van der Waals surface area contributed by atoms with Crippen molar-refractivity contribution in [2.45, 2.75) is 49.8 Å². The summed E-state index contributed by atoms with van der Waals surface area (Å²) in [5.74, 6) is 0.333. The molecule has 1 aromatic heterocycles. The lowest BCUT2D eigenvalue weighted by atomic mass is 9.82. The Bertz CT molecular complexity index is 516. The van der Waals surface area contributed by atoms with Crippen LogP contribution < -0.4 is 5.73 Å². The maximum Gasteiger partial charge on any atom is 0.150 e. The van der Waals surface area contributed by atoms with E-state index in [2.05, 4.69) is 11.1 Å². The molecule has 3 atom stereocenters. The van der Waals surface area contributed by atoms with E-state index in [1.807, 2.05) is 12.3 Å². The second-order valence-electron chi connectivity index (χ2n) is 5.94. The number of nitrogens with two attached hydrogens (primary N) is 1. The fourth-order valence-electron chi connectivity index (χ4n) is 3.07. The smallest absolute Gasteiger partial charge is 0.150 e. The molecule has 0 radical (unpaired) electrons. The van der Waals surface area contributed by atoms with Crippen LogP contribution in [-0.4, -0.2) is 30.9 Å². The Morgan fingerprint density at radius 2 is 2.25 bits per heavy atom. The Balaban J connectivity index is 1.87. The Labute approximate surface area is 121 Å². The van der Waals surface area contributed by atoms with Crippen LogP contribution in [0.2, 0.25) is 0 Å². The first-order valence-electron chi connectivity index (χ1n) is 7.30. The molecule has 0 aromatic carbocycles. The Kier molecular flexibility index (Phi) is 5.16. The number of hydrogen-bond acceptors (Lipinski definition) is 4. The fraction of sp³-hybridized carbons (Fsp3) is 0.667. The third-order valence-electron chi connectivity index (χ3n) is 4.37. The standard InChI is InChI=1S/C15H24N2O2S/c1-20(18,19)14-6-2-5-13(10-14)15(16)8-7-12-4-3-9-17-11-12/h3-4,9,11,13-15H,2,5-8,10,16H2,1H3. The minimum absolute atomic E-state index is 0.0831. The van der Waals surface area contributed by atoms with Crippen LogP contribution in [0.4, 0.5) is 0 Å². The van der Waals surface area contributed by atoms with Gasteiger partial charge < -0.3 is 5.73 Å². The predicted octanol–water partition coefficient (Wildman–Crippen LogP) is 1.94. The molecule has 20 heavy (non-hydrogen) atoms. The maximum absolute atomic E-state index is 11.7. The van der Waals surface area contributed by atoms with Gasteiger partial charge in [0, 0.05) is 24.7 Å². The van der Waals surface area contributed by atoms with Gasteiger partial charge in [0.05, 0.1) is 5.25 Å². The highest BCUT2D eigenvalue weighted by Gasteiger charge is 2.31. The summed E-state index contributed by atoms with van der Waals surface area (Å²) in [6.07, 6.45) is 10.3. The molecule has 2 rings (SSSR count). The van der Waals surface area contributed by atoms with E-state index in [1.165, 1.54) is 11.8 Å². The van der Waals surface area contributed by atoms with E-state index in [0.29, 0.717) is 5.92 Å². The summed E-state index contributed by atoms with van der Waals surface area (Å²) in [5.41, 5.74) is 7.48. The van der Waals surface area contributed by atoms with Crippen molar-refractivity contribution in [3.8, 4) is 0 Å². The Hall–Kier alpha value is -0.940. The van der Waals surface area contributed by atoms with Gasteiger partial charge in [-0.3, -0.25) is 4.98 Å². The molecule has 3 unspecified atom stereocenters. The van der Waals surface area contributed by atoms with E-state index >= 15 is 0 Å². The first-order valence-corrected chi connectivity index (χ1v) is 9.25. The van der Waals surface area contributed by atoms with E-state index in [0.717, 1.165) is 38.5 Å². The number of aromatic nitrogens is 1. The number of nitrogens with zero attached hydrogens (tertiary/aromatic N) is 1. The van der Waals surface area contributed by atoms with Gasteiger partial charge in [0.1, 0.15) is 9.84 Å². The SMILES string of the molecule is CS(=O)(=O)C1CCCC(C(N)CCc2cccnc2)C1. The molecular weight excluding hydrogens is 272 g/mol. The van der Waals surface area contributed by atoms with Crippen molar-refractivity contribution in [2.24, 2.45) is 11.7 Å². The number of aryl methyl sites for hydroxylation is 1. The molecule has 1 aromatic rings. The highest BCUT2D eigenvalue weighted by Crippen LogP contribution is 2.31. The van der Waals surface area contributed by atoms with Crippen LogP contribution in [0.15, 0.2) is 24.5 Å². The van der Waals surface area contributed by atoms with Crippen LogP contribution in [0.5, 0.6) is 0 Å². The van der Waals surface area contributed by atoms with Crippen molar-refractivity contribution in [3.63, 3.8) is 0 Å². The zero-order valence-electron chi connectivity index (χ0n) is 12.0. The molecule has 5 heteroatoms. The molecular formula is C15H24N2O2S. The minimum Gasteiger partial charge on any atom is -0.327 e. The second kappa shape index (κ2) is 6.68. The monoisotopic (exact) mass is 296 g/mol. The molecule has 1 aliphatic rings. The molecule has 112 valence electrons. The first-order chi connectivity index (χ1) is 9.47. The lowest BCUT2D eigenvalue weighted by Gasteiger charge is -2.32. The van der Waals surface area contributed by atoms with Crippen LogP contribution in [0.25, 0.3) is 0 Å². The van der Waals surface area contributed by atoms with Crippen LogP contribution in [0, 0.1) is 5.92 Å². The summed E-state index contributed by atoms with van der Waals surface area (Å²) in [4.78, 5) is 4.10. The Morgan fingerprint density at radius 1 is 1.45 bits per heavy atom. The maximum atomic E-state index is 11.7. The van der Waals surface area contributed by atoms with Gasteiger partial charge in [-0.1, -0.05) is 12.5 Å². The molecule has 1 heterocycles. The van der Waals surface area contributed by atoms with Gasteiger partial charge in [-0.05, 0) is 49.7 Å². The molecule has 0 bridgehead atoms. The van der Waals surface area contributed by atoms with E-state index in [-0.39, 0.29) is 11.3 Å². The highest BCUT2D eigenvalue weighted by molar-refractivity contribution is 7.91. The molecule has 0 spiro atoms. The summed E-state index contributed by atoms with van der Waals surface area (Å²) in [6.45, 7) is 0. The van der Waals surface area contributed by atoms with E-state index in [1.54, 1.807) is 6.20 Å². The van der Waals surface area contributed by atoms with Crippen LogP contribution in [0.3, 0.4) is 0 Å². The predicted molar refractivity (Wildman–Crippen MR) is 81.1 cm³/mol. The molecule has 1 fully saturated rings. The topological polar surface area (TPSA) is 73.0 Å². The highest BCUT2D eigenvalue weighted by atomic mass is 32.2. The average Bonchev–Trinajstić information content (AvgIpc) is 2.45. The zero-order valence-corrected chi connectivity index (χ0v) is 12.8. The van der Waals surface area contributed by atoms with Crippen molar-refractivity contribution < 1.29 is 8.42 Å². The van der Waals surface area contributed by atoms with Crippen molar-refractivity contribution in [1.82, 2.24) is 4.98 Å². The number of pyridine rings is 1. The molecule has 0 aliphatic heterocycles. The number of rotatable bonds is 5. The molecule has 4 nitrogen and oxygen atoms in total. The molecule has 1 aliphatic carbocycles. The summed E-state index contributed by atoms with van der Waals surface area (Å²) >= 11 is 0. The van der Waals surface area contributed by atoms with Crippen LogP contribution in [-0.2, 0) is 16.3 Å². The van der Waals surface area contributed by atoms with Crippen molar-refractivity contribution >= 4 is 9.84 Å². The zero-order chi connectivity index (χ0) is 14.6. The van der Waals surface area contributed by atoms with E-state index in [9.17, 15) is 8.42 Å². The number of hydrogen-bond donors (Lipinski definition) is 1. The summed E-state index contributed by atoms with van der Waals surface area (Å²) in [6, 6.07) is 4.07. The Morgan fingerprint density at radius 3 is 2.90 bits per heavy atom. The van der Waals surface area contributed by atoms with E-state index in [4.69, 9.17) is 5.73 Å². The summed E-state index contributed by atoms with van der Waals surface area (Å²) in [5, 5.41) is -0.189. The molecule has 0 saturated heterocycles. The second-order valence-corrected chi connectivity index (χ2v) is 8.27. The average molecular weight is 296 g/mol.